The number of carbonyl (C=O) groups excluding carboxylic acids is 1. The number of carboxylic acids is 1. The minimum Gasteiger partial charge on any atom is -0.497 e. The summed E-state index contributed by atoms with van der Waals surface area (Å²) in [7, 11) is 1.62. The van der Waals surface area contributed by atoms with Gasteiger partial charge in [0.2, 0.25) is 5.91 Å². The second kappa shape index (κ2) is 7.82. The molecule has 1 aliphatic carbocycles. The molecule has 0 aromatic heterocycles. The first-order valence-electron chi connectivity index (χ1n) is 7.73. The summed E-state index contributed by atoms with van der Waals surface area (Å²) in [6, 6.07) is 7.83. The molecule has 0 saturated heterocycles. The van der Waals surface area contributed by atoms with Gasteiger partial charge in [0.25, 0.3) is 0 Å². The minimum atomic E-state index is -0.720. The van der Waals surface area contributed by atoms with E-state index in [1.807, 2.05) is 24.3 Å². The highest BCUT2D eigenvalue weighted by Crippen LogP contribution is 2.24. The third-order valence-electron chi connectivity index (χ3n) is 4.22. The topological polar surface area (TPSA) is 75.6 Å². The van der Waals surface area contributed by atoms with Gasteiger partial charge in [-0.25, -0.2) is 0 Å². The molecule has 0 radical (unpaired) electrons. The fourth-order valence-electron chi connectivity index (χ4n) is 2.87. The summed E-state index contributed by atoms with van der Waals surface area (Å²) in [6.45, 7) is 0. The zero-order valence-corrected chi connectivity index (χ0v) is 12.9. The van der Waals surface area contributed by atoms with Crippen LogP contribution in [0.25, 0.3) is 0 Å². The first kappa shape index (κ1) is 16.3. The largest absolute Gasteiger partial charge is 0.497 e. The Morgan fingerprint density at radius 1 is 1.27 bits per heavy atom. The number of methoxy groups -OCH3 is 1. The van der Waals surface area contributed by atoms with E-state index >= 15 is 0 Å². The van der Waals surface area contributed by atoms with Gasteiger partial charge in [-0.15, -0.1) is 0 Å². The molecule has 1 aromatic carbocycles. The van der Waals surface area contributed by atoms with Crippen LogP contribution in [0.5, 0.6) is 5.75 Å². The van der Waals surface area contributed by atoms with Crippen LogP contribution in [0.4, 0.5) is 0 Å². The molecule has 0 spiro atoms. The first-order valence-corrected chi connectivity index (χ1v) is 7.73. The van der Waals surface area contributed by atoms with Gasteiger partial charge in [0.15, 0.2) is 0 Å². The highest BCUT2D eigenvalue weighted by Gasteiger charge is 2.26. The highest BCUT2D eigenvalue weighted by atomic mass is 16.5. The SMILES string of the molecule is COc1cccc(CCC(=O)NC2CCC(C(=O)O)CC2)c1. The van der Waals surface area contributed by atoms with Crippen LogP contribution in [0.3, 0.4) is 0 Å². The molecular formula is C17H23NO4. The number of hydrogen-bond donors (Lipinski definition) is 2. The summed E-state index contributed by atoms with van der Waals surface area (Å²) in [5, 5.41) is 12.0. The maximum atomic E-state index is 12.0. The monoisotopic (exact) mass is 305 g/mol. The minimum absolute atomic E-state index is 0.0293. The summed E-state index contributed by atoms with van der Waals surface area (Å²) in [5.74, 6) is -0.140. The first-order chi connectivity index (χ1) is 10.6. The third-order valence-corrected chi connectivity index (χ3v) is 4.22. The fourth-order valence-corrected chi connectivity index (χ4v) is 2.87. The van der Waals surface area contributed by atoms with Crippen LogP contribution in [-0.4, -0.2) is 30.1 Å². The molecule has 0 heterocycles. The van der Waals surface area contributed by atoms with Crippen molar-refractivity contribution in [3.63, 3.8) is 0 Å². The predicted molar refractivity (Wildman–Crippen MR) is 82.8 cm³/mol. The molecule has 0 aliphatic heterocycles. The van der Waals surface area contributed by atoms with Crippen LogP contribution in [0.15, 0.2) is 24.3 Å². The molecule has 1 fully saturated rings. The number of aliphatic carboxylic acids is 1. The Balaban J connectivity index is 1.73. The zero-order chi connectivity index (χ0) is 15.9. The molecule has 120 valence electrons. The molecule has 2 N–H and O–H groups in total. The number of rotatable bonds is 6. The Kier molecular flexibility index (Phi) is 5.81. The Labute approximate surface area is 130 Å². The molecule has 1 aliphatic rings. The van der Waals surface area contributed by atoms with Gasteiger partial charge in [0, 0.05) is 12.5 Å². The standard InChI is InChI=1S/C17H23NO4/c1-22-15-4-2-3-12(11-15)5-10-16(19)18-14-8-6-13(7-9-14)17(20)21/h2-4,11,13-14H,5-10H2,1H3,(H,18,19)(H,20,21). The number of aryl methyl sites for hydroxylation is 1. The summed E-state index contributed by atoms with van der Waals surface area (Å²) in [4.78, 5) is 22.9. The van der Waals surface area contributed by atoms with Gasteiger partial charge < -0.3 is 15.2 Å². The lowest BCUT2D eigenvalue weighted by Crippen LogP contribution is -2.38. The van der Waals surface area contributed by atoms with Crippen molar-refractivity contribution < 1.29 is 19.4 Å². The summed E-state index contributed by atoms with van der Waals surface area (Å²) in [5.41, 5.74) is 1.07. The summed E-state index contributed by atoms with van der Waals surface area (Å²) < 4.78 is 5.16. The number of amides is 1. The van der Waals surface area contributed by atoms with Gasteiger partial charge in [-0.3, -0.25) is 9.59 Å². The zero-order valence-electron chi connectivity index (χ0n) is 12.9. The summed E-state index contributed by atoms with van der Waals surface area (Å²) >= 11 is 0. The van der Waals surface area contributed by atoms with E-state index in [1.165, 1.54) is 0 Å². The van der Waals surface area contributed by atoms with Crippen LogP contribution in [0, 0.1) is 5.92 Å². The molecule has 0 unspecified atom stereocenters. The average Bonchev–Trinajstić information content (AvgIpc) is 2.53. The molecule has 5 nitrogen and oxygen atoms in total. The van der Waals surface area contributed by atoms with Gasteiger partial charge >= 0.3 is 5.97 Å². The number of carbonyl (C=O) groups is 2. The van der Waals surface area contributed by atoms with E-state index in [9.17, 15) is 9.59 Å². The van der Waals surface area contributed by atoms with E-state index in [2.05, 4.69) is 5.32 Å². The molecule has 0 bridgehead atoms. The van der Waals surface area contributed by atoms with E-state index in [-0.39, 0.29) is 17.9 Å². The van der Waals surface area contributed by atoms with Gasteiger partial charge in [0.05, 0.1) is 13.0 Å². The van der Waals surface area contributed by atoms with Crippen LogP contribution in [0.2, 0.25) is 0 Å². The number of hydrogen-bond acceptors (Lipinski definition) is 3. The molecule has 1 saturated carbocycles. The Bertz CT molecular complexity index is 521. The summed E-state index contributed by atoms with van der Waals surface area (Å²) in [6.07, 6.45) is 3.91. The Morgan fingerprint density at radius 2 is 2.00 bits per heavy atom. The normalized spacial score (nSPS) is 21.1. The van der Waals surface area contributed by atoms with Gasteiger partial charge in [-0.05, 0) is 49.8 Å². The van der Waals surface area contributed by atoms with Gasteiger partial charge in [0.1, 0.15) is 5.75 Å². The van der Waals surface area contributed by atoms with Gasteiger partial charge in [-0.2, -0.15) is 0 Å². The molecule has 5 heteroatoms. The maximum absolute atomic E-state index is 12.0. The molecule has 1 aromatic rings. The van der Waals surface area contributed by atoms with E-state index < -0.39 is 5.97 Å². The van der Waals surface area contributed by atoms with Crippen LogP contribution >= 0.6 is 0 Å². The lowest BCUT2D eigenvalue weighted by atomic mass is 9.86. The van der Waals surface area contributed by atoms with E-state index in [0.29, 0.717) is 25.7 Å². The van der Waals surface area contributed by atoms with Crippen molar-refractivity contribution in [2.24, 2.45) is 5.92 Å². The van der Waals surface area contributed by atoms with E-state index in [1.54, 1.807) is 7.11 Å². The molecule has 2 rings (SSSR count). The quantitative estimate of drug-likeness (QED) is 0.846. The smallest absolute Gasteiger partial charge is 0.306 e. The number of carboxylic acid groups (broad SMARTS) is 1. The second-order valence-corrected chi connectivity index (χ2v) is 5.81. The lowest BCUT2D eigenvalue weighted by Gasteiger charge is -2.26. The van der Waals surface area contributed by atoms with Crippen molar-refractivity contribution in [1.29, 1.82) is 0 Å². The number of ether oxygens (including phenoxy) is 1. The van der Waals surface area contributed by atoms with Crippen molar-refractivity contribution >= 4 is 11.9 Å². The maximum Gasteiger partial charge on any atom is 0.306 e. The highest BCUT2D eigenvalue weighted by molar-refractivity contribution is 5.76. The van der Waals surface area contributed by atoms with E-state index in [0.717, 1.165) is 24.2 Å². The van der Waals surface area contributed by atoms with Gasteiger partial charge in [-0.1, -0.05) is 12.1 Å². The molecule has 22 heavy (non-hydrogen) atoms. The Hall–Kier alpha value is -2.04. The third kappa shape index (κ3) is 4.76. The average molecular weight is 305 g/mol. The lowest BCUT2D eigenvalue weighted by molar-refractivity contribution is -0.142. The van der Waals surface area contributed by atoms with Crippen molar-refractivity contribution in [3.05, 3.63) is 29.8 Å². The number of nitrogens with one attached hydrogen (secondary N) is 1. The van der Waals surface area contributed by atoms with Crippen LogP contribution in [-0.2, 0) is 16.0 Å². The second-order valence-electron chi connectivity index (χ2n) is 5.81. The van der Waals surface area contributed by atoms with Crippen LogP contribution < -0.4 is 10.1 Å². The molecule has 0 atom stereocenters. The molecule has 1 amide bonds. The molecular weight excluding hydrogens is 282 g/mol. The van der Waals surface area contributed by atoms with Crippen LogP contribution in [0.1, 0.15) is 37.7 Å². The van der Waals surface area contributed by atoms with Crippen molar-refractivity contribution in [1.82, 2.24) is 5.32 Å². The number of benzene rings is 1. The van der Waals surface area contributed by atoms with Crippen molar-refractivity contribution in [2.45, 2.75) is 44.6 Å². The van der Waals surface area contributed by atoms with Crippen molar-refractivity contribution in [2.75, 3.05) is 7.11 Å². The fraction of sp³-hybridized carbons (Fsp3) is 0.529. The van der Waals surface area contributed by atoms with E-state index in [4.69, 9.17) is 9.84 Å². The predicted octanol–water partition coefficient (Wildman–Crippen LogP) is 2.39. The Morgan fingerprint density at radius 3 is 2.64 bits per heavy atom. The van der Waals surface area contributed by atoms with Crippen molar-refractivity contribution in [3.8, 4) is 5.75 Å².